The molecule has 0 aliphatic carbocycles. The number of anilines is 1. The Hall–Kier alpha value is -1.65. The second-order valence-corrected chi connectivity index (χ2v) is 5.47. The van der Waals surface area contributed by atoms with Crippen LogP contribution in [0.4, 0.5) is 5.69 Å². The molecule has 0 fully saturated rings. The highest BCUT2D eigenvalue weighted by molar-refractivity contribution is 7.10. The summed E-state index contributed by atoms with van der Waals surface area (Å²) < 4.78 is 0. The summed E-state index contributed by atoms with van der Waals surface area (Å²) in [6.45, 7) is 2.49. The van der Waals surface area contributed by atoms with Gasteiger partial charge in [0.2, 0.25) is 0 Å². The van der Waals surface area contributed by atoms with Crippen molar-refractivity contribution in [3.05, 3.63) is 51.2 Å². The zero-order valence-electron chi connectivity index (χ0n) is 10.0. The van der Waals surface area contributed by atoms with Crippen molar-refractivity contribution in [3.63, 3.8) is 0 Å². The van der Waals surface area contributed by atoms with Gasteiger partial charge < -0.3 is 10.4 Å². The summed E-state index contributed by atoms with van der Waals surface area (Å²) in [5, 5.41) is 23.3. The Kier molecular flexibility index (Phi) is 2.69. The lowest BCUT2D eigenvalue weighted by molar-refractivity contribution is 0.199. The van der Waals surface area contributed by atoms with Crippen molar-refractivity contribution in [2.24, 2.45) is 0 Å². The van der Waals surface area contributed by atoms with Crippen LogP contribution in [0.15, 0.2) is 29.6 Å². The van der Waals surface area contributed by atoms with Crippen LogP contribution in [-0.4, -0.2) is 10.8 Å². The Bertz CT molecular complexity index is 616. The first-order valence-corrected chi connectivity index (χ1v) is 6.76. The van der Waals surface area contributed by atoms with Crippen molar-refractivity contribution in [3.8, 4) is 0 Å². The quantitative estimate of drug-likeness (QED) is 0.736. The Morgan fingerprint density at radius 2 is 2.17 bits per heavy atom. The van der Waals surface area contributed by atoms with E-state index in [0.717, 1.165) is 28.9 Å². The average Bonchev–Trinajstić information content (AvgIpc) is 2.78. The van der Waals surface area contributed by atoms with Gasteiger partial charge in [-0.05, 0) is 30.0 Å². The SMILES string of the molecule is CC(O)c1ccc2c(c1)NCc1sccc1C2=N. The van der Waals surface area contributed by atoms with Crippen LogP contribution in [0.3, 0.4) is 0 Å². The van der Waals surface area contributed by atoms with Gasteiger partial charge in [0, 0.05) is 21.7 Å². The van der Waals surface area contributed by atoms with Crippen LogP contribution in [0.2, 0.25) is 0 Å². The topological polar surface area (TPSA) is 56.1 Å². The Morgan fingerprint density at radius 1 is 1.33 bits per heavy atom. The van der Waals surface area contributed by atoms with E-state index in [2.05, 4.69) is 5.32 Å². The lowest BCUT2D eigenvalue weighted by Crippen LogP contribution is -2.03. The number of thiophene rings is 1. The highest BCUT2D eigenvalue weighted by Crippen LogP contribution is 2.30. The van der Waals surface area contributed by atoms with Crippen LogP contribution in [-0.2, 0) is 6.54 Å². The van der Waals surface area contributed by atoms with Gasteiger partial charge in [0.1, 0.15) is 0 Å². The van der Waals surface area contributed by atoms with Crippen molar-refractivity contribution < 1.29 is 5.11 Å². The van der Waals surface area contributed by atoms with Crippen molar-refractivity contribution in [2.45, 2.75) is 19.6 Å². The number of fused-ring (bicyclic) bond motifs is 2. The third kappa shape index (κ3) is 1.74. The maximum Gasteiger partial charge on any atom is 0.0762 e. The van der Waals surface area contributed by atoms with Crippen LogP contribution in [0.25, 0.3) is 0 Å². The maximum atomic E-state index is 9.62. The number of hydrogen-bond acceptors (Lipinski definition) is 4. The first-order chi connectivity index (χ1) is 8.66. The molecule has 4 heteroatoms. The number of aliphatic hydroxyl groups excluding tert-OH is 1. The summed E-state index contributed by atoms with van der Waals surface area (Å²) >= 11 is 1.67. The van der Waals surface area contributed by atoms with Crippen molar-refractivity contribution in [2.75, 3.05) is 5.32 Å². The number of rotatable bonds is 1. The molecule has 0 spiro atoms. The molecule has 1 unspecified atom stereocenters. The average molecular weight is 258 g/mol. The summed E-state index contributed by atoms with van der Waals surface area (Å²) in [5.41, 5.74) is 4.28. The monoisotopic (exact) mass is 258 g/mol. The molecule has 2 heterocycles. The second-order valence-electron chi connectivity index (χ2n) is 4.47. The van der Waals surface area contributed by atoms with E-state index in [4.69, 9.17) is 5.41 Å². The molecular formula is C14H14N2OS. The normalized spacial score (nSPS) is 15.3. The van der Waals surface area contributed by atoms with Gasteiger partial charge in [0.15, 0.2) is 0 Å². The molecule has 1 atom stereocenters. The molecule has 0 saturated carbocycles. The minimum atomic E-state index is -0.483. The molecular weight excluding hydrogens is 244 g/mol. The predicted molar refractivity (Wildman–Crippen MR) is 74.7 cm³/mol. The third-order valence-electron chi connectivity index (χ3n) is 3.25. The van der Waals surface area contributed by atoms with Gasteiger partial charge in [-0.15, -0.1) is 11.3 Å². The molecule has 92 valence electrons. The number of hydrogen-bond donors (Lipinski definition) is 3. The van der Waals surface area contributed by atoms with Crippen LogP contribution in [0, 0.1) is 5.41 Å². The molecule has 1 aliphatic rings. The molecule has 0 radical (unpaired) electrons. The fraction of sp³-hybridized carbons (Fsp3) is 0.214. The molecule has 3 rings (SSSR count). The van der Waals surface area contributed by atoms with Gasteiger partial charge in [-0.1, -0.05) is 12.1 Å². The molecule has 1 aromatic carbocycles. The van der Waals surface area contributed by atoms with Crippen molar-refractivity contribution >= 4 is 22.7 Å². The Labute approximate surface area is 110 Å². The van der Waals surface area contributed by atoms with E-state index in [9.17, 15) is 5.11 Å². The highest BCUT2D eigenvalue weighted by atomic mass is 32.1. The van der Waals surface area contributed by atoms with E-state index in [0.29, 0.717) is 5.71 Å². The number of nitrogens with one attached hydrogen (secondary N) is 2. The van der Waals surface area contributed by atoms with Gasteiger partial charge in [0.05, 0.1) is 18.4 Å². The summed E-state index contributed by atoms with van der Waals surface area (Å²) in [6.07, 6.45) is -0.483. The lowest BCUT2D eigenvalue weighted by atomic mass is 10.00. The van der Waals surface area contributed by atoms with Crippen molar-refractivity contribution in [1.29, 1.82) is 5.41 Å². The zero-order valence-corrected chi connectivity index (χ0v) is 10.8. The van der Waals surface area contributed by atoms with Crippen LogP contribution >= 0.6 is 11.3 Å². The minimum absolute atomic E-state index is 0.483. The molecule has 2 aromatic rings. The van der Waals surface area contributed by atoms with Gasteiger partial charge in [-0.3, -0.25) is 5.41 Å². The summed E-state index contributed by atoms with van der Waals surface area (Å²) in [6, 6.07) is 7.74. The summed E-state index contributed by atoms with van der Waals surface area (Å²) in [7, 11) is 0. The standard InChI is InChI=1S/C14H14N2OS/c1-8(17)9-2-3-10-12(6-9)16-7-13-11(14(10)15)4-5-18-13/h2-6,8,15-17H,7H2,1H3. The molecule has 0 amide bonds. The van der Waals surface area contributed by atoms with Gasteiger partial charge >= 0.3 is 0 Å². The van der Waals surface area contributed by atoms with Gasteiger partial charge in [-0.25, -0.2) is 0 Å². The van der Waals surface area contributed by atoms with E-state index in [1.807, 2.05) is 29.6 Å². The van der Waals surface area contributed by atoms with E-state index in [1.54, 1.807) is 18.3 Å². The predicted octanol–water partition coefficient (Wildman–Crippen LogP) is 3.14. The molecule has 1 aromatic heterocycles. The van der Waals surface area contributed by atoms with Gasteiger partial charge in [0.25, 0.3) is 0 Å². The van der Waals surface area contributed by atoms with Crippen LogP contribution in [0.1, 0.15) is 34.6 Å². The van der Waals surface area contributed by atoms with Gasteiger partial charge in [-0.2, -0.15) is 0 Å². The van der Waals surface area contributed by atoms with E-state index < -0.39 is 6.10 Å². The first kappa shape index (κ1) is 11.4. The molecule has 3 N–H and O–H groups in total. The van der Waals surface area contributed by atoms with E-state index in [1.165, 1.54) is 4.88 Å². The maximum absolute atomic E-state index is 9.62. The highest BCUT2D eigenvalue weighted by Gasteiger charge is 2.19. The minimum Gasteiger partial charge on any atom is -0.389 e. The fourth-order valence-electron chi connectivity index (χ4n) is 2.21. The first-order valence-electron chi connectivity index (χ1n) is 5.88. The Morgan fingerprint density at radius 3 is 2.94 bits per heavy atom. The lowest BCUT2D eigenvalue weighted by Gasteiger charge is -2.12. The number of benzene rings is 1. The van der Waals surface area contributed by atoms with E-state index >= 15 is 0 Å². The fourth-order valence-corrected chi connectivity index (χ4v) is 3.03. The molecule has 0 bridgehead atoms. The molecule has 3 nitrogen and oxygen atoms in total. The zero-order chi connectivity index (χ0) is 12.7. The third-order valence-corrected chi connectivity index (χ3v) is 4.17. The van der Waals surface area contributed by atoms with Crippen LogP contribution in [0.5, 0.6) is 0 Å². The molecule has 1 aliphatic heterocycles. The van der Waals surface area contributed by atoms with Crippen molar-refractivity contribution in [1.82, 2.24) is 0 Å². The smallest absolute Gasteiger partial charge is 0.0762 e. The number of aliphatic hydroxyl groups is 1. The largest absolute Gasteiger partial charge is 0.389 e. The van der Waals surface area contributed by atoms with E-state index in [-0.39, 0.29) is 0 Å². The summed E-state index contributed by atoms with van der Waals surface area (Å²) in [4.78, 5) is 1.19. The van der Waals surface area contributed by atoms with Crippen LogP contribution < -0.4 is 5.32 Å². The molecule has 18 heavy (non-hydrogen) atoms. The Balaban J connectivity index is 2.11. The molecule has 0 saturated heterocycles. The summed E-state index contributed by atoms with van der Waals surface area (Å²) in [5.74, 6) is 0. The second kappa shape index (κ2) is 4.23.